The highest BCUT2D eigenvalue weighted by atomic mass is 32.2. The largest absolute Gasteiger partial charge is 0.468 e. The van der Waals surface area contributed by atoms with Crippen molar-refractivity contribution in [1.82, 2.24) is 19.6 Å². The third kappa shape index (κ3) is 2.38. The van der Waals surface area contributed by atoms with Gasteiger partial charge in [0, 0.05) is 11.4 Å². The third-order valence-corrected chi connectivity index (χ3v) is 3.11. The standard InChI is InChI=1S/C10H12N4O2S/c1-6-4-7(2)14-9(11-6)12-13-10(14)17-5-8(15)16-3/h4H,5H2,1-3H3. The number of fused-ring (bicyclic) bond motifs is 1. The lowest BCUT2D eigenvalue weighted by molar-refractivity contribution is -0.137. The fourth-order valence-electron chi connectivity index (χ4n) is 1.48. The van der Waals surface area contributed by atoms with E-state index in [0.29, 0.717) is 10.9 Å². The summed E-state index contributed by atoms with van der Waals surface area (Å²) in [4.78, 5) is 15.3. The first kappa shape index (κ1) is 11.8. The van der Waals surface area contributed by atoms with E-state index in [-0.39, 0.29) is 11.7 Å². The van der Waals surface area contributed by atoms with Crippen molar-refractivity contribution in [1.29, 1.82) is 0 Å². The van der Waals surface area contributed by atoms with E-state index < -0.39 is 0 Å². The number of aromatic nitrogens is 4. The minimum atomic E-state index is -0.288. The highest BCUT2D eigenvalue weighted by Crippen LogP contribution is 2.18. The second kappa shape index (κ2) is 4.70. The Balaban J connectivity index is 2.33. The van der Waals surface area contributed by atoms with Gasteiger partial charge in [0.2, 0.25) is 0 Å². The summed E-state index contributed by atoms with van der Waals surface area (Å²) in [5, 5.41) is 8.63. The van der Waals surface area contributed by atoms with Gasteiger partial charge in [-0.2, -0.15) is 0 Å². The first-order chi connectivity index (χ1) is 8.11. The van der Waals surface area contributed by atoms with Gasteiger partial charge in [0.25, 0.3) is 5.78 Å². The van der Waals surface area contributed by atoms with Gasteiger partial charge in [0.1, 0.15) is 0 Å². The van der Waals surface area contributed by atoms with Crippen molar-refractivity contribution in [2.45, 2.75) is 19.0 Å². The van der Waals surface area contributed by atoms with Crippen LogP contribution < -0.4 is 0 Å². The minimum absolute atomic E-state index is 0.213. The number of carbonyl (C=O) groups excluding carboxylic acids is 1. The van der Waals surface area contributed by atoms with Crippen LogP contribution in [0.5, 0.6) is 0 Å². The molecule has 2 aromatic rings. The molecule has 0 fully saturated rings. The van der Waals surface area contributed by atoms with Crippen LogP contribution >= 0.6 is 11.8 Å². The second-order valence-electron chi connectivity index (χ2n) is 3.52. The Morgan fingerprint density at radius 3 is 2.94 bits per heavy atom. The molecule has 2 rings (SSSR count). The minimum Gasteiger partial charge on any atom is -0.468 e. The Bertz CT molecular complexity index is 567. The Kier molecular flexibility index (Phi) is 3.28. The van der Waals surface area contributed by atoms with Gasteiger partial charge in [-0.3, -0.25) is 9.20 Å². The van der Waals surface area contributed by atoms with E-state index in [1.165, 1.54) is 18.9 Å². The molecule has 0 atom stereocenters. The van der Waals surface area contributed by atoms with Gasteiger partial charge in [0.05, 0.1) is 12.9 Å². The van der Waals surface area contributed by atoms with E-state index in [4.69, 9.17) is 0 Å². The van der Waals surface area contributed by atoms with Gasteiger partial charge in [-0.05, 0) is 19.9 Å². The van der Waals surface area contributed by atoms with E-state index in [1.54, 1.807) is 0 Å². The van der Waals surface area contributed by atoms with Crippen molar-refractivity contribution in [3.05, 3.63) is 17.5 Å². The predicted octanol–water partition coefficient (Wildman–Crippen LogP) is 1.01. The molecular weight excluding hydrogens is 240 g/mol. The summed E-state index contributed by atoms with van der Waals surface area (Å²) in [7, 11) is 1.36. The van der Waals surface area contributed by atoms with Crippen LogP contribution in [-0.2, 0) is 9.53 Å². The topological polar surface area (TPSA) is 69.4 Å². The summed E-state index contributed by atoms with van der Waals surface area (Å²) in [5.41, 5.74) is 1.89. The first-order valence-electron chi connectivity index (χ1n) is 5.01. The number of hydrogen-bond acceptors (Lipinski definition) is 6. The summed E-state index contributed by atoms with van der Waals surface area (Å²) < 4.78 is 6.40. The molecule has 0 unspecified atom stereocenters. The van der Waals surface area contributed by atoms with Gasteiger partial charge in [-0.25, -0.2) is 4.98 Å². The summed E-state index contributed by atoms with van der Waals surface area (Å²) in [6.07, 6.45) is 0. The Labute approximate surface area is 102 Å². The number of aryl methyl sites for hydroxylation is 2. The van der Waals surface area contributed by atoms with Gasteiger partial charge in [0.15, 0.2) is 5.16 Å². The van der Waals surface area contributed by atoms with Crippen LogP contribution in [0.1, 0.15) is 11.4 Å². The Morgan fingerprint density at radius 2 is 2.24 bits per heavy atom. The van der Waals surface area contributed by atoms with Crippen molar-refractivity contribution in [3.63, 3.8) is 0 Å². The molecule has 0 bridgehead atoms. The smallest absolute Gasteiger partial charge is 0.316 e. The lowest BCUT2D eigenvalue weighted by atomic mass is 10.3. The number of hydrogen-bond donors (Lipinski definition) is 0. The van der Waals surface area contributed by atoms with Crippen LogP contribution in [0.15, 0.2) is 11.2 Å². The van der Waals surface area contributed by atoms with E-state index in [9.17, 15) is 4.79 Å². The van der Waals surface area contributed by atoms with Gasteiger partial charge in [-0.15, -0.1) is 10.2 Å². The van der Waals surface area contributed by atoms with Crippen LogP contribution in [0, 0.1) is 13.8 Å². The van der Waals surface area contributed by atoms with Crippen LogP contribution in [0.4, 0.5) is 0 Å². The average Bonchev–Trinajstić information content (AvgIpc) is 2.69. The van der Waals surface area contributed by atoms with Crippen molar-refractivity contribution < 1.29 is 9.53 Å². The molecule has 0 aliphatic heterocycles. The number of esters is 1. The zero-order valence-corrected chi connectivity index (χ0v) is 10.6. The molecule has 90 valence electrons. The predicted molar refractivity (Wildman–Crippen MR) is 63.0 cm³/mol. The number of nitrogens with zero attached hydrogens (tertiary/aromatic N) is 4. The number of carbonyl (C=O) groups is 1. The van der Waals surface area contributed by atoms with Gasteiger partial charge in [-0.1, -0.05) is 11.8 Å². The molecule has 0 aliphatic carbocycles. The maximum atomic E-state index is 11.1. The van der Waals surface area contributed by atoms with Gasteiger partial charge >= 0.3 is 5.97 Å². The molecule has 0 radical (unpaired) electrons. The zero-order valence-electron chi connectivity index (χ0n) is 9.80. The van der Waals surface area contributed by atoms with Crippen LogP contribution in [0.2, 0.25) is 0 Å². The Morgan fingerprint density at radius 1 is 1.47 bits per heavy atom. The summed E-state index contributed by atoms with van der Waals surface area (Å²) in [6, 6.07) is 1.94. The van der Waals surface area contributed by atoms with Crippen LogP contribution in [0.3, 0.4) is 0 Å². The Hall–Kier alpha value is -1.63. The summed E-state index contributed by atoms with van der Waals surface area (Å²) in [6.45, 7) is 3.86. The molecule has 2 aromatic heterocycles. The average molecular weight is 252 g/mol. The monoisotopic (exact) mass is 252 g/mol. The quantitative estimate of drug-likeness (QED) is 0.599. The van der Waals surface area contributed by atoms with Crippen molar-refractivity contribution in [2.24, 2.45) is 0 Å². The third-order valence-electron chi connectivity index (χ3n) is 2.21. The lowest BCUT2D eigenvalue weighted by Crippen LogP contribution is -2.04. The number of thioether (sulfide) groups is 1. The molecule has 17 heavy (non-hydrogen) atoms. The fourth-order valence-corrected chi connectivity index (χ4v) is 2.29. The second-order valence-corrected chi connectivity index (χ2v) is 4.46. The number of rotatable bonds is 3. The van der Waals surface area contributed by atoms with Crippen molar-refractivity contribution in [2.75, 3.05) is 12.9 Å². The highest BCUT2D eigenvalue weighted by molar-refractivity contribution is 7.99. The molecule has 0 saturated heterocycles. The fraction of sp³-hybridized carbons (Fsp3) is 0.400. The molecule has 0 N–H and O–H groups in total. The maximum absolute atomic E-state index is 11.1. The number of ether oxygens (including phenoxy) is 1. The van der Waals surface area contributed by atoms with Crippen LogP contribution in [-0.4, -0.2) is 38.4 Å². The lowest BCUT2D eigenvalue weighted by Gasteiger charge is -2.03. The zero-order chi connectivity index (χ0) is 12.4. The summed E-state index contributed by atoms with van der Waals surface area (Å²) in [5.74, 6) is 0.476. The van der Waals surface area contributed by atoms with E-state index >= 15 is 0 Å². The van der Waals surface area contributed by atoms with Crippen LogP contribution in [0.25, 0.3) is 5.78 Å². The van der Waals surface area contributed by atoms with E-state index in [0.717, 1.165) is 11.4 Å². The highest BCUT2D eigenvalue weighted by Gasteiger charge is 2.11. The van der Waals surface area contributed by atoms with E-state index in [2.05, 4.69) is 19.9 Å². The molecule has 0 aliphatic rings. The maximum Gasteiger partial charge on any atom is 0.316 e. The molecule has 2 heterocycles. The van der Waals surface area contributed by atoms with E-state index in [1.807, 2.05) is 24.3 Å². The molecule has 0 saturated carbocycles. The van der Waals surface area contributed by atoms with Crippen molar-refractivity contribution >= 4 is 23.5 Å². The molecule has 0 spiro atoms. The molecular formula is C10H12N4O2S. The van der Waals surface area contributed by atoms with Crippen molar-refractivity contribution in [3.8, 4) is 0 Å². The normalized spacial score (nSPS) is 10.8. The SMILES string of the molecule is COC(=O)CSc1nnc2nc(C)cc(C)n12. The number of methoxy groups -OCH3 is 1. The molecule has 6 nitrogen and oxygen atoms in total. The molecule has 7 heteroatoms. The van der Waals surface area contributed by atoms with Gasteiger partial charge < -0.3 is 4.74 Å². The molecule has 0 amide bonds. The first-order valence-corrected chi connectivity index (χ1v) is 5.99. The molecule has 0 aromatic carbocycles. The summed E-state index contributed by atoms with van der Waals surface area (Å²) >= 11 is 1.28.